The first kappa shape index (κ1) is 20.3. The molecule has 0 amide bonds. The lowest BCUT2D eigenvalue weighted by atomic mass is 9.81. The molecule has 0 radical (unpaired) electrons. The van der Waals surface area contributed by atoms with Crippen LogP contribution < -0.4 is 0 Å². The van der Waals surface area contributed by atoms with Crippen LogP contribution >= 0.6 is 0 Å². The van der Waals surface area contributed by atoms with Crippen LogP contribution in [0.4, 0.5) is 26.3 Å². The van der Waals surface area contributed by atoms with Gasteiger partial charge in [-0.3, -0.25) is 0 Å². The molecule has 0 saturated heterocycles. The van der Waals surface area contributed by atoms with Crippen molar-refractivity contribution < 1.29 is 36.6 Å². The highest BCUT2D eigenvalue weighted by Gasteiger charge is 2.60. The van der Waals surface area contributed by atoms with E-state index in [9.17, 15) is 36.6 Å². The van der Waals surface area contributed by atoms with Crippen molar-refractivity contribution in [2.24, 2.45) is 0 Å². The van der Waals surface area contributed by atoms with E-state index in [1.165, 1.54) is 36.4 Å². The van der Waals surface area contributed by atoms with Crippen LogP contribution in [-0.2, 0) is 11.2 Å². The third-order valence-corrected chi connectivity index (χ3v) is 4.29. The number of hydrogen-bond acceptors (Lipinski definition) is 2. The average Bonchev–Trinajstić information content (AvgIpc) is 2.59. The minimum Gasteiger partial charge on any atom is -0.376 e. The molecule has 0 fully saturated rings. The standard InChI is InChI=1S/C18H16F6O2/c19-17(20,21)15(25,13-7-3-1-4-8-13)11-12-16(26,18(22,23)24)14-9-5-2-6-10-14/h1-10,25-26H,11-12H2/t15-,16+. The van der Waals surface area contributed by atoms with Crippen molar-refractivity contribution in [3.63, 3.8) is 0 Å². The first-order valence-corrected chi connectivity index (χ1v) is 7.61. The van der Waals surface area contributed by atoms with Gasteiger partial charge >= 0.3 is 12.4 Å². The third kappa shape index (κ3) is 3.71. The lowest BCUT2D eigenvalue weighted by Crippen LogP contribution is -2.47. The van der Waals surface area contributed by atoms with Crippen molar-refractivity contribution in [3.05, 3.63) is 71.8 Å². The van der Waals surface area contributed by atoms with Gasteiger partial charge in [0, 0.05) is 0 Å². The molecular weight excluding hydrogens is 362 g/mol. The predicted octanol–water partition coefficient (Wildman–Crippen LogP) is 4.67. The fourth-order valence-electron chi connectivity index (χ4n) is 2.69. The van der Waals surface area contributed by atoms with Crippen LogP contribution in [0.1, 0.15) is 24.0 Å². The molecule has 2 N–H and O–H groups in total. The van der Waals surface area contributed by atoms with E-state index in [4.69, 9.17) is 0 Å². The molecule has 2 rings (SSSR count). The zero-order chi connectivity index (χ0) is 19.6. The molecule has 142 valence electrons. The van der Waals surface area contributed by atoms with Gasteiger partial charge in [-0.2, -0.15) is 26.3 Å². The highest BCUT2D eigenvalue weighted by molar-refractivity contribution is 5.27. The van der Waals surface area contributed by atoms with Crippen LogP contribution in [0.15, 0.2) is 60.7 Å². The zero-order valence-corrected chi connectivity index (χ0v) is 13.3. The molecule has 0 aliphatic carbocycles. The van der Waals surface area contributed by atoms with Crippen LogP contribution in [-0.4, -0.2) is 22.6 Å². The number of halogens is 6. The summed E-state index contributed by atoms with van der Waals surface area (Å²) in [5.41, 5.74) is -8.24. The van der Waals surface area contributed by atoms with Gasteiger partial charge in [-0.15, -0.1) is 0 Å². The Balaban J connectivity index is 2.43. The van der Waals surface area contributed by atoms with E-state index >= 15 is 0 Å². The van der Waals surface area contributed by atoms with Gasteiger partial charge in [0.2, 0.25) is 0 Å². The topological polar surface area (TPSA) is 40.5 Å². The normalized spacial score (nSPS) is 17.4. The Hall–Kier alpha value is -2.06. The molecule has 2 aromatic carbocycles. The molecule has 2 aromatic rings. The number of aliphatic hydroxyl groups is 2. The molecule has 0 bridgehead atoms. The summed E-state index contributed by atoms with van der Waals surface area (Å²) in [5.74, 6) is 0. The first-order chi connectivity index (χ1) is 11.9. The van der Waals surface area contributed by atoms with Crippen molar-refractivity contribution in [2.45, 2.75) is 36.4 Å². The van der Waals surface area contributed by atoms with E-state index in [2.05, 4.69) is 0 Å². The maximum Gasteiger partial charge on any atom is 0.421 e. The Kier molecular flexibility index (Phi) is 5.39. The van der Waals surface area contributed by atoms with E-state index < -0.39 is 47.5 Å². The second-order valence-corrected chi connectivity index (χ2v) is 5.95. The molecular formula is C18H16F6O2. The molecule has 0 unspecified atom stereocenters. The smallest absolute Gasteiger partial charge is 0.376 e. The lowest BCUT2D eigenvalue weighted by molar-refractivity contribution is -0.294. The second kappa shape index (κ2) is 6.92. The summed E-state index contributed by atoms with van der Waals surface area (Å²) in [6, 6.07) is 11.7. The summed E-state index contributed by atoms with van der Waals surface area (Å²) in [5, 5.41) is 20.4. The first-order valence-electron chi connectivity index (χ1n) is 7.61. The molecule has 2 atom stereocenters. The van der Waals surface area contributed by atoms with Crippen LogP contribution in [0.2, 0.25) is 0 Å². The van der Waals surface area contributed by atoms with Crippen molar-refractivity contribution in [1.29, 1.82) is 0 Å². The molecule has 0 saturated carbocycles. The van der Waals surface area contributed by atoms with Gasteiger partial charge in [0.25, 0.3) is 0 Å². The monoisotopic (exact) mass is 378 g/mol. The van der Waals surface area contributed by atoms with Gasteiger partial charge in [0.05, 0.1) is 0 Å². The number of benzene rings is 2. The van der Waals surface area contributed by atoms with E-state index in [0.717, 1.165) is 24.3 Å². The van der Waals surface area contributed by atoms with E-state index in [1.54, 1.807) is 0 Å². The molecule has 0 aliphatic rings. The van der Waals surface area contributed by atoms with Gasteiger partial charge in [0.1, 0.15) is 0 Å². The Morgan fingerprint density at radius 1 is 0.538 bits per heavy atom. The van der Waals surface area contributed by atoms with E-state index in [0.29, 0.717) is 0 Å². The van der Waals surface area contributed by atoms with Crippen LogP contribution in [0.25, 0.3) is 0 Å². The summed E-state index contributed by atoms with van der Waals surface area (Å²) in [7, 11) is 0. The fourth-order valence-corrected chi connectivity index (χ4v) is 2.69. The van der Waals surface area contributed by atoms with Crippen LogP contribution in [0.5, 0.6) is 0 Å². The van der Waals surface area contributed by atoms with Crippen LogP contribution in [0, 0.1) is 0 Å². The molecule has 0 heterocycles. The van der Waals surface area contributed by atoms with E-state index in [1.807, 2.05) is 0 Å². The van der Waals surface area contributed by atoms with Crippen molar-refractivity contribution in [2.75, 3.05) is 0 Å². The number of alkyl halides is 6. The highest BCUT2D eigenvalue weighted by atomic mass is 19.4. The second-order valence-electron chi connectivity index (χ2n) is 5.95. The summed E-state index contributed by atoms with van der Waals surface area (Å²) in [6.07, 6.45) is -13.2. The summed E-state index contributed by atoms with van der Waals surface area (Å²) in [4.78, 5) is 0. The summed E-state index contributed by atoms with van der Waals surface area (Å²) >= 11 is 0. The summed E-state index contributed by atoms with van der Waals surface area (Å²) in [6.45, 7) is 0. The fraction of sp³-hybridized carbons (Fsp3) is 0.333. The Morgan fingerprint density at radius 2 is 0.808 bits per heavy atom. The maximum atomic E-state index is 13.5. The number of hydrogen-bond donors (Lipinski definition) is 2. The highest BCUT2D eigenvalue weighted by Crippen LogP contribution is 2.48. The van der Waals surface area contributed by atoms with Crippen molar-refractivity contribution in [3.8, 4) is 0 Å². The molecule has 26 heavy (non-hydrogen) atoms. The molecule has 0 spiro atoms. The summed E-state index contributed by atoms with van der Waals surface area (Å²) < 4.78 is 80.7. The van der Waals surface area contributed by atoms with Crippen LogP contribution in [0.3, 0.4) is 0 Å². The van der Waals surface area contributed by atoms with Gasteiger partial charge < -0.3 is 10.2 Å². The molecule has 0 aromatic heterocycles. The quantitative estimate of drug-likeness (QED) is 0.743. The van der Waals surface area contributed by atoms with Gasteiger partial charge in [-0.05, 0) is 24.0 Å². The van der Waals surface area contributed by atoms with Gasteiger partial charge in [-0.25, -0.2) is 0 Å². The van der Waals surface area contributed by atoms with Gasteiger partial charge in [0.15, 0.2) is 11.2 Å². The van der Waals surface area contributed by atoms with Crippen molar-refractivity contribution in [1.82, 2.24) is 0 Å². The minimum atomic E-state index is -5.22. The molecule has 8 heteroatoms. The van der Waals surface area contributed by atoms with Crippen molar-refractivity contribution >= 4 is 0 Å². The Morgan fingerprint density at radius 3 is 1.04 bits per heavy atom. The Labute approximate surface area is 145 Å². The maximum absolute atomic E-state index is 13.5. The number of rotatable bonds is 5. The molecule has 0 aliphatic heterocycles. The largest absolute Gasteiger partial charge is 0.421 e. The SMILES string of the molecule is O[C@](CC[C@](O)(c1ccccc1)C(F)(F)F)(c1ccccc1)C(F)(F)F. The molecule has 2 nitrogen and oxygen atoms in total. The van der Waals surface area contributed by atoms with E-state index in [-0.39, 0.29) is 0 Å². The lowest BCUT2D eigenvalue weighted by Gasteiger charge is -2.36. The Bertz CT molecular complexity index is 650. The minimum absolute atomic E-state index is 0.593. The predicted molar refractivity (Wildman–Crippen MR) is 82.0 cm³/mol. The zero-order valence-electron chi connectivity index (χ0n) is 13.3. The average molecular weight is 378 g/mol. The van der Waals surface area contributed by atoms with Gasteiger partial charge in [-0.1, -0.05) is 60.7 Å². The third-order valence-electron chi connectivity index (χ3n) is 4.29.